The SMILES string of the molecule is COc1cc(C(=O)CCCCN(C)C)ccc1-c1ccc(-c2ccc(Cl)cc2)n1-c1cnccc1C. The van der Waals surface area contributed by atoms with Crippen LogP contribution in [0.25, 0.3) is 28.2 Å². The molecule has 0 spiro atoms. The van der Waals surface area contributed by atoms with Crippen molar-refractivity contribution in [3.05, 3.63) is 89.2 Å². The van der Waals surface area contributed by atoms with Gasteiger partial charge >= 0.3 is 0 Å². The predicted molar refractivity (Wildman–Crippen MR) is 147 cm³/mol. The maximum Gasteiger partial charge on any atom is 0.163 e. The first-order chi connectivity index (χ1) is 17.4. The molecule has 0 aliphatic rings. The minimum absolute atomic E-state index is 0.138. The number of pyridine rings is 1. The van der Waals surface area contributed by atoms with Crippen LogP contribution >= 0.6 is 11.6 Å². The Morgan fingerprint density at radius 2 is 1.75 bits per heavy atom. The smallest absolute Gasteiger partial charge is 0.163 e. The van der Waals surface area contributed by atoms with Crippen LogP contribution in [0, 0.1) is 6.92 Å². The predicted octanol–water partition coefficient (Wildman–Crippen LogP) is 7.09. The fourth-order valence-electron chi connectivity index (χ4n) is 4.38. The van der Waals surface area contributed by atoms with Gasteiger partial charge in [0.05, 0.1) is 30.4 Å². The number of hydrogen-bond donors (Lipinski definition) is 0. The number of ether oxygens (including phenoxy) is 1. The van der Waals surface area contributed by atoms with Gasteiger partial charge in [-0.1, -0.05) is 29.8 Å². The molecule has 2 aromatic carbocycles. The zero-order chi connectivity index (χ0) is 25.7. The lowest BCUT2D eigenvalue weighted by Crippen LogP contribution is -2.13. The van der Waals surface area contributed by atoms with Crippen LogP contribution in [0.2, 0.25) is 5.02 Å². The second kappa shape index (κ2) is 11.5. The molecule has 0 bridgehead atoms. The molecule has 4 rings (SSSR count). The molecule has 2 aromatic heterocycles. The third kappa shape index (κ3) is 5.69. The molecule has 0 aliphatic carbocycles. The lowest BCUT2D eigenvalue weighted by molar-refractivity contribution is 0.0978. The van der Waals surface area contributed by atoms with Gasteiger partial charge < -0.3 is 14.2 Å². The Labute approximate surface area is 218 Å². The number of methoxy groups -OCH3 is 1. The summed E-state index contributed by atoms with van der Waals surface area (Å²) < 4.78 is 7.98. The van der Waals surface area contributed by atoms with Gasteiger partial charge in [-0.15, -0.1) is 0 Å². The molecule has 2 heterocycles. The summed E-state index contributed by atoms with van der Waals surface area (Å²) >= 11 is 6.15. The fraction of sp³-hybridized carbons (Fsp3) is 0.267. The number of aromatic nitrogens is 2. The lowest BCUT2D eigenvalue weighted by Gasteiger charge is -2.18. The monoisotopic (exact) mass is 501 g/mol. The van der Waals surface area contributed by atoms with Crippen LogP contribution < -0.4 is 4.74 Å². The zero-order valence-corrected chi connectivity index (χ0v) is 22.0. The van der Waals surface area contributed by atoms with Crippen molar-refractivity contribution >= 4 is 17.4 Å². The highest BCUT2D eigenvalue weighted by atomic mass is 35.5. The first kappa shape index (κ1) is 25.7. The van der Waals surface area contributed by atoms with Crippen molar-refractivity contribution in [2.24, 2.45) is 0 Å². The number of nitrogens with zero attached hydrogens (tertiary/aromatic N) is 3. The molecule has 0 aliphatic heterocycles. The maximum absolute atomic E-state index is 12.9. The van der Waals surface area contributed by atoms with Gasteiger partial charge in [0.1, 0.15) is 5.75 Å². The van der Waals surface area contributed by atoms with Gasteiger partial charge in [-0.05, 0) is 94.0 Å². The standard InChI is InChI=1S/C30H32ClN3O2/c1-21-16-17-32-20-28(21)34-26(22-8-11-24(31)12-9-22)14-15-27(34)25-13-10-23(19-30(25)36-4)29(35)7-5-6-18-33(2)3/h8-17,19-20H,5-7,18H2,1-4H3. The van der Waals surface area contributed by atoms with E-state index in [4.69, 9.17) is 16.3 Å². The van der Waals surface area contributed by atoms with Gasteiger partial charge in [-0.2, -0.15) is 0 Å². The highest BCUT2D eigenvalue weighted by Crippen LogP contribution is 2.38. The van der Waals surface area contributed by atoms with Gasteiger partial charge in [-0.3, -0.25) is 9.78 Å². The van der Waals surface area contributed by atoms with E-state index in [0.717, 1.165) is 53.2 Å². The number of ketones is 1. The van der Waals surface area contributed by atoms with Crippen molar-refractivity contribution < 1.29 is 9.53 Å². The summed E-state index contributed by atoms with van der Waals surface area (Å²) in [5.74, 6) is 0.802. The van der Waals surface area contributed by atoms with Crippen LogP contribution in [0.3, 0.4) is 0 Å². The van der Waals surface area contributed by atoms with Gasteiger partial charge in [0.2, 0.25) is 0 Å². The van der Waals surface area contributed by atoms with Crippen molar-refractivity contribution in [3.63, 3.8) is 0 Å². The number of carbonyl (C=O) groups excluding carboxylic acids is 1. The quantitative estimate of drug-likeness (QED) is 0.172. The highest BCUT2D eigenvalue weighted by Gasteiger charge is 2.19. The van der Waals surface area contributed by atoms with E-state index in [1.807, 2.05) is 68.8 Å². The largest absolute Gasteiger partial charge is 0.496 e. The number of Topliss-reactive ketones (excluding diaryl/α,β-unsaturated/α-hetero) is 1. The van der Waals surface area contributed by atoms with E-state index >= 15 is 0 Å². The maximum atomic E-state index is 12.9. The molecule has 5 nitrogen and oxygen atoms in total. The average molecular weight is 502 g/mol. The molecular formula is C30H32ClN3O2. The molecule has 36 heavy (non-hydrogen) atoms. The molecule has 0 saturated heterocycles. The molecule has 6 heteroatoms. The van der Waals surface area contributed by atoms with Crippen molar-refractivity contribution in [3.8, 4) is 34.0 Å². The molecule has 0 radical (unpaired) electrons. The molecule has 0 fully saturated rings. The minimum Gasteiger partial charge on any atom is -0.496 e. The summed E-state index contributed by atoms with van der Waals surface area (Å²) in [7, 11) is 5.74. The van der Waals surface area contributed by atoms with Gasteiger partial charge in [0.25, 0.3) is 0 Å². The Hall–Kier alpha value is -3.41. The van der Waals surface area contributed by atoms with Crippen LogP contribution in [0.15, 0.2) is 73.1 Å². The number of carbonyl (C=O) groups is 1. The van der Waals surface area contributed by atoms with Gasteiger partial charge in [0.15, 0.2) is 5.78 Å². The van der Waals surface area contributed by atoms with Crippen molar-refractivity contribution in [2.45, 2.75) is 26.2 Å². The molecule has 0 amide bonds. The molecule has 4 aromatic rings. The Morgan fingerprint density at radius 1 is 1.00 bits per heavy atom. The summed E-state index contributed by atoms with van der Waals surface area (Å²) in [6.07, 6.45) is 6.07. The first-order valence-corrected chi connectivity index (χ1v) is 12.5. The second-order valence-corrected chi connectivity index (χ2v) is 9.64. The van der Waals surface area contributed by atoms with Crippen LogP contribution in [-0.2, 0) is 0 Å². The van der Waals surface area contributed by atoms with Crippen molar-refractivity contribution in [1.82, 2.24) is 14.5 Å². The summed E-state index contributed by atoms with van der Waals surface area (Å²) in [6.45, 7) is 3.05. The van der Waals surface area contributed by atoms with E-state index in [-0.39, 0.29) is 5.78 Å². The van der Waals surface area contributed by atoms with Crippen LogP contribution in [0.1, 0.15) is 35.2 Å². The second-order valence-electron chi connectivity index (χ2n) is 9.21. The van der Waals surface area contributed by atoms with Crippen LogP contribution in [-0.4, -0.2) is 48.0 Å². The Kier molecular flexibility index (Phi) is 8.24. The molecule has 186 valence electrons. The van der Waals surface area contributed by atoms with E-state index in [1.165, 1.54) is 0 Å². The number of halogens is 1. The summed E-state index contributed by atoms with van der Waals surface area (Å²) in [6, 6.07) is 19.7. The highest BCUT2D eigenvalue weighted by molar-refractivity contribution is 6.30. The molecule has 0 N–H and O–H groups in total. The van der Waals surface area contributed by atoms with Crippen LogP contribution in [0.4, 0.5) is 0 Å². The number of unbranched alkanes of at least 4 members (excludes halogenated alkanes) is 1. The number of rotatable bonds is 10. The van der Waals surface area contributed by atoms with E-state index in [2.05, 4.69) is 33.5 Å². The van der Waals surface area contributed by atoms with Crippen molar-refractivity contribution in [2.75, 3.05) is 27.7 Å². The Morgan fingerprint density at radius 3 is 2.44 bits per heavy atom. The first-order valence-electron chi connectivity index (χ1n) is 12.1. The lowest BCUT2D eigenvalue weighted by atomic mass is 10.0. The number of hydrogen-bond acceptors (Lipinski definition) is 4. The molecular weight excluding hydrogens is 470 g/mol. The summed E-state index contributed by atoms with van der Waals surface area (Å²) in [5.41, 5.74) is 6.67. The number of aryl methyl sites for hydroxylation is 1. The normalized spacial score (nSPS) is 11.2. The van der Waals surface area contributed by atoms with E-state index in [1.54, 1.807) is 13.3 Å². The van der Waals surface area contributed by atoms with E-state index in [0.29, 0.717) is 22.8 Å². The van der Waals surface area contributed by atoms with Crippen molar-refractivity contribution in [1.29, 1.82) is 0 Å². The Balaban J connectivity index is 1.75. The third-order valence-electron chi connectivity index (χ3n) is 6.33. The summed E-state index contributed by atoms with van der Waals surface area (Å²) in [4.78, 5) is 19.4. The van der Waals surface area contributed by atoms with Crippen LogP contribution in [0.5, 0.6) is 5.75 Å². The molecule has 0 saturated carbocycles. The Bertz CT molecular complexity index is 1340. The fourth-order valence-corrected chi connectivity index (χ4v) is 4.50. The average Bonchev–Trinajstić information content (AvgIpc) is 3.31. The zero-order valence-electron chi connectivity index (χ0n) is 21.3. The summed E-state index contributed by atoms with van der Waals surface area (Å²) in [5, 5.41) is 0.693. The minimum atomic E-state index is 0.138. The van der Waals surface area contributed by atoms with E-state index in [9.17, 15) is 4.79 Å². The third-order valence-corrected chi connectivity index (χ3v) is 6.58. The number of benzene rings is 2. The van der Waals surface area contributed by atoms with E-state index < -0.39 is 0 Å². The molecule has 0 atom stereocenters. The van der Waals surface area contributed by atoms with Gasteiger partial charge in [-0.25, -0.2) is 0 Å². The molecule has 0 unspecified atom stereocenters. The topological polar surface area (TPSA) is 47.4 Å². The van der Waals surface area contributed by atoms with Gasteiger partial charge in [0, 0.05) is 28.8 Å².